The summed E-state index contributed by atoms with van der Waals surface area (Å²) in [6.45, 7) is 6.47. The number of anilines is 1. The summed E-state index contributed by atoms with van der Waals surface area (Å²) in [6, 6.07) is 2.80. The predicted molar refractivity (Wildman–Crippen MR) is 76.6 cm³/mol. The average Bonchev–Trinajstić information content (AvgIpc) is 2.93. The molecule has 20 heavy (non-hydrogen) atoms. The molecule has 1 heterocycles. The molecule has 0 spiro atoms. The molecule has 1 atom stereocenters. The first-order chi connectivity index (χ1) is 9.49. The molecule has 1 aromatic carbocycles. The number of nitrogens with one attached hydrogen (secondary N) is 1. The summed E-state index contributed by atoms with van der Waals surface area (Å²) in [4.78, 5) is 12.8. The molecule has 6 heteroatoms. The van der Waals surface area contributed by atoms with E-state index in [-0.39, 0.29) is 5.69 Å². The zero-order valence-electron chi connectivity index (χ0n) is 11.9. The fourth-order valence-corrected chi connectivity index (χ4v) is 2.53. The van der Waals surface area contributed by atoms with Crippen LogP contribution in [0.5, 0.6) is 0 Å². The second-order valence-electron chi connectivity index (χ2n) is 5.35. The van der Waals surface area contributed by atoms with Crippen molar-refractivity contribution in [1.82, 2.24) is 4.90 Å². The van der Waals surface area contributed by atoms with Crippen LogP contribution in [0.4, 0.5) is 15.8 Å². The van der Waals surface area contributed by atoms with Crippen LogP contribution < -0.4 is 5.32 Å². The van der Waals surface area contributed by atoms with Gasteiger partial charge >= 0.3 is 0 Å². The Morgan fingerprint density at radius 1 is 1.45 bits per heavy atom. The van der Waals surface area contributed by atoms with E-state index in [1.54, 1.807) is 6.92 Å². The van der Waals surface area contributed by atoms with E-state index >= 15 is 0 Å². The predicted octanol–water partition coefficient (Wildman–Crippen LogP) is 2.94. The normalized spacial score (nSPS) is 17.1. The molecule has 0 aromatic heterocycles. The third kappa shape index (κ3) is 3.25. The third-order valence-corrected chi connectivity index (χ3v) is 3.83. The number of aryl methyl sites for hydroxylation is 1. The number of hydrogen-bond acceptors (Lipinski definition) is 4. The SMILES string of the molecule is Cc1cc(NCC(C)N2CCCC2)c([N+](=O)[O-])cc1F. The number of nitrogens with zero attached hydrogens (tertiary/aromatic N) is 2. The Hall–Kier alpha value is -1.69. The van der Waals surface area contributed by atoms with Gasteiger partial charge in [-0.3, -0.25) is 15.0 Å². The van der Waals surface area contributed by atoms with Gasteiger partial charge < -0.3 is 5.32 Å². The number of rotatable bonds is 5. The van der Waals surface area contributed by atoms with Gasteiger partial charge in [-0.25, -0.2) is 4.39 Å². The maximum absolute atomic E-state index is 13.4. The van der Waals surface area contributed by atoms with Crippen LogP contribution >= 0.6 is 0 Å². The van der Waals surface area contributed by atoms with E-state index in [1.807, 2.05) is 0 Å². The number of likely N-dealkylation sites (tertiary alicyclic amines) is 1. The summed E-state index contributed by atoms with van der Waals surface area (Å²) in [5, 5.41) is 14.1. The van der Waals surface area contributed by atoms with Gasteiger partial charge in [0.05, 0.1) is 11.0 Å². The summed E-state index contributed by atoms with van der Waals surface area (Å²) in [5.41, 5.74) is 0.591. The van der Waals surface area contributed by atoms with Gasteiger partial charge in [0.15, 0.2) is 0 Å². The number of nitro benzene ring substituents is 1. The third-order valence-electron chi connectivity index (χ3n) is 3.83. The van der Waals surface area contributed by atoms with Gasteiger partial charge in [0.2, 0.25) is 0 Å². The van der Waals surface area contributed by atoms with E-state index in [1.165, 1.54) is 18.9 Å². The second kappa shape index (κ2) is 6.17. The lowest BCUT2D eigenvalue weighted by Crippen LogP contribution is -2.35. The maximum atomic E-state index is 13.4. The Kier molecular flexibility index (Phi) is 4.54. The quantitative estimate of drug-likeness (QED) is 0.666. The van der Waals surface area contributed by atoms with Crippen molar-refractivity contribution in [3.05, 3.63) is 33.6 Å². The van der Waals surface area contributed by atoms with Crippen LogP contribution in [0.1, 0.15) is 25.3 Å². The van der Waals surface area contributed by atoms with Crippen molar-refractivity contribution >= 4 is 11.4 Å². The average molecular weight is 281 g/mol. The van der Waals surface area contributed by atoms with Crippen LogP contribution in [-0.4, -0.2) is 35.5 Å². The lowest BCUT2D eigenvalue weighted by molar-refractivity contribution is -0.384. The lowest BCUT2D eigenvalue weighted by Gasteiger charge is -2.24. The first-order valence-corrected chi connectivity index (χ1v) is 6.91. The molecule has 1 saturated heterocycles. The highest BCUT2D eigenvalue weighted by Crippen LogP contribution is 2.27. The second-order valence-corrected chi connectivity index (χ2v) is 5.35. The van der Waals surface area contributed by atoms with Crippen molar-refractivity contribution < 1.29 is 9.31 Å². The maximum Gasteiger partial charge on any atom is 0.295 e. The molecular weight excluding hydrogens is 261 g/mol. The molecule has 1 fully saturated rings. The number of nitro groups is 1. The van der Waals surface area contributed by atoms with Crippen molar-refractivity contribution in [3.8, 4) is 0 Å². The Morgan fingerprint density at radius 2 is 2.10 bits per heavy atom. The summed E-state index contributed by atoms with van der Waals surface area (Å²) < 4.78 is 13.4. The van der Waals surface area contributed by atoms with Gasteiger partial charge in [0, 0.05) is 12.6 Å². The molecule has 1 aliphatic rings. The van der Waals surface area contributed by atoms with Gasteiger partial charge in [-0.1, -0.05) is 0 Å². The number of benzene rings is 1. The zero-order chi connectivity index (χ0) is 14.7. The molecular formula is C14H20FN3O2. The van der Waals surface area contributed by atoms with Crippen molar-refractivity contribution in [2.45, 2.75) is 32.7 Å². The number of hydrogen-bond donors (Lipinski definition) is 1. The van der Waals surface area contributed by atoms with E-state index in [9.17, 15) is 14.5 Å². The van der Waals surface area contributed by atoms with Crippen molar-refractivity contribution in [2.75, 3.05) is 25.0 Å². The molecule has 1 aliphatic heterocycles. The van der Waals surface area contributed by atoms with Crippen molar-refractivity contribution in [2.24, 2.45) is 0 Å². The molecule has 0 amide bonds. The smallest absolute Gasteiger partial charge is 0.295 e. The summed E-state index contributed by atoms with van der Waals surface area (Å²) >= 11 is 0. The fraction of sp³-hybridized carbons (Fsp3) is 0.571. The molecule has 0 saturated carbocycles. The van der Waals surface area contributed by atoms with E-state index in [4.69, 9.17) is 0 Å². The summed E-state index contributed by atoms with van der Waals surface area (Å²) in [5.74, 6) is -0.546. The molecule has 1 aromatic rings. The van der Waals surface area contributed by atoms with E-state index in [2.05, 4.69) is 17.1 Å². The highest BCUT2D eigenvalue weighted by Gasteiger charge is 2.20. The monoisotopic (exact) mass is 281 g/mol. The highest BCUT2D eigenvalue weighted by molar-refractivity contribution is 5.63. The summed E-state index contributed by atoms with van der Waals surface area (Å²) in [7, 11) is 0. The van der Waals surface area contributed by atoms with Gasteiger partial charge in [-0.15, -0.1) is 0 Å². The molecule has 0 bridgehead atoms. The Labute approximate surface area is 117 Å². The molecule has 0 radical (unpaired) electrons. The molecule has 1 N–H and O–H groups in total. The topological polar surface area (TPSA) is 58.4 Å². The standard InChI is InChI=1S/C14H20FN3O2/c1-10-7-13(14(18(19)20)8-12(10)15)16-9-11(2)17-5-3-4-6-17/h7-8,11,16H,3-6,9H2,1-2H3. The molecule has 1 unspecified atom stereocenters. The van der Waals surface area contributed by atoms with Crippen LogP contribution in [0.2, 0.25) is 0 Å². The summed E-state index contributed by atoms with van der Waals surface area (Å²) in [6.07, 6.45) is 2.42. The Bertz CT molecular complexity index is 501. The minimum atomic E-state index is -0.550. The molecule has 110 valence electrons. The van der Waals surface area contributed by atoms with Crippen LogP contribution in [0.25, 0.3) is 0 Å². The number of halogens is 1. The van der Waals surface area contributed by atoms with Crippen LogP contribution in [0.3, 0.4) is 0 Å². The van der Waals surface area contributed by atoms with Gasteiger partial charge in [-0.05, 0) is 51.4 Å². The van der Waals surface area contributed by atoms with E-state index in [0.29, 0.717) is 23.8 Å². The van der Waals surface area contributed by atoms with Gasteiger partial charge in [0.1, 0.15) is 11.5 Å². The Balaban J connectivity index is 2.08. The van der Waals surface area contributed by atoms with Crippen LogP contribution in [0, 0.1) is 22.9 Å². The highest BCUT2D eigenvalue weighted by atomic mass is 19.1. The minimum absolute atomic E-state index is 0.207. The molecule has 5 nitrogen and oxygen atoms in total. The van der Waals surface area contributed by atoms with Crippen LogP contribution in [-0.2, 0) is 0 Å². The van der Waals surface area contributed by atoms with Gasteiger partial charge in [0.25, 0.3) is 5.69 Å². The fourth-order valence-electron chi connectivity index (χ4n) is 2.53. The Morgan fingerprint density at radius 3 is 2.70 bits per heavy atom. The van der Waals surface area contributed by atoms with E-state index in [0.717, 1.165) is 19.2 Å². The lowest BCUT2D eigenvalue weighted by atomic mass is 10.1. The first kappa shape index (κ1) is 14.7. The minimum Gasteiger partial charge on any atom is -0.378 e. The van der Waals surface area contributed by atoms with Gasteiger partial charge in [-0.2, -0.15) is 0 Å². The first-order valence-electron chi connectivity index (χ1n) is 6.91. The molecule has 0 aliphatic carbocycles. The molecule has 2 rings (SSSR count). The van der Waals surface area contributed by atoms with E-state index < -0.39 is 10.7 Å². The largest absolute Gasteiger partial charge is 0.378 e. The zero-order valence-corrected chi connectivity index (χ0v) is 11.9. The van der Waals surface area contributed by atoms with Crippen molar-refractivity contribution in [1.29, 1.82) is 0 Å². The van der Waals surface area contributed by atoms with Crippen LogP contribution in [0.15, 0.2) is 12.1 Å². The van der Waals surface area contributed by atoms with Crippen molar-refractivity contribution in [3.63, 3.8) is 0 Å².